The second-order valence-corrected chi connectivity index (χ2v) is 10.2. The van der Waals surface area contributed by atoms with E-state index in [2.05, 4.69) is 16.6 Å². The van der Waals surface area contributed by atoms with Crippen molar-refractivity contribution in [3.8, 4) is 12.3 Å². The third kappa shape index (κ3) is 6.58. The molecule has 3 rings (SSSR count). The van der Waals surface area contributed by atoms with Gasteiger partial charge in [0.1, 0.15) is 18.2 Å². The molecule has 1 aliphatic rings. The highest BCUT2D eigenvalue weighted by molar-refractivity contribution is 6.34. The van der Waals surface area contributed by atoms with Gasteiger partial charge in [-0.15, -0.1) is 6.42 Å². The predicted molar refractivity (Wildman–Crippen MR) is 141 cm³/mol. The minimum absolute atomic E-state index is 0.174. The van der Waals surface area contributed by atoms with E-state index in [0.29, 0.717) is 21.8 Å². The molecule has 2 N–H and O–H groups in total. The number of carbonyl (C=O) groups excluding carboxylic acids is 3. The average molecular weight is 510 g/mol. The molecule has 7 nitrogen and oxygen atoms in total. The average Bonchev–Trinajstić information content (AvgIpc) is 2.77. The number of carbonyl (C=O) groups is 3. The van der Waals surface area contributed by atoms with Crippen LogP contribution in [0.5, 0.6) is 0 Å². The third-order valence-electron chi connectivity index (χ3n) is 5.95. The molecule has 2 aromatic carbocycles. The Bertz CT molecular complexity index is 1160. The zero-order chi connectivity index (χ0) is 26.5. The number of terminal acetylenes is 1. The fraction of sp³-hybridized carbons (Fsp3) is 0.393. The Kier molecular flexibility index (Phi) is 8.65. The summed E-state index contributed by atoms with van der Waals surface area (Å²) in [6.07, 6.45) is 7.47. The summed E-state index contributed by atoms with van der Waals surface area (Å²) in [6, 6.07) is 11.2. The van der Waals surface area contributed by atoms with Crippen molar-refractivity contribution in [2.45, 2.75) is 64.6 Å². The molecule has 1 unspecified atom stereocenters. The quantitative estimate of drug-likeness (QED) is 0.501. The molecule has 0 spiro atoms. The number of aryl methyl sites for hydroxylation is 1. The molecule has 0 saturated heterocycles. The van der Waals surface area contributed by atoms with Crippen LogP contribution in [0.4, 0.5) is 10.5 Å². The molecule has 0 radical (unpaired) electrons. The van der Waals surface area contributed by atoms with E-state index in [1.54, 1.807) is 62.1 Å². The van der Waals surface area contributed by atoms with Crippen LogP contribution in [0.3, 0.4) is 0 Å². The molecule has 0 bridgehead atoms. The van der Waals surface area contributed by atoms with Crippen molar-refractivity contribution in [1.29, 1.82) is 0 Å². The van der Waals surface area contributed by atoms with Gasteiger partial charge in [0.2, 0.25) is 5.91 Å². The number of nitrogens with one attached hydrogen (secondary N) is 2. The Labute approximate surface area is 217 Å². The molecule has 36 heavy (non-hydrogen) atoms. The van der Waals surface area contributed by atoms with Gasteiger partial charge in [0.15, 0.2) is 0 Å². The molecule has 0 aromatic heterocycles. The maximum Gasteiger partial charge on any atom is 0.408 e. The summed E-state index contributed by atoms with van der Waals surface area (Å²) in [5.41, 5.74) is 1.58. The van der Waals surface area contributed by atoms with Crippen molar-refractivity contribution in [1.82, 2.24) is 10.2 Å². The Morgan fingerprint density at radius 2 is 1.86 bits per heavy atom. The molecule has 1 aliphatic carbocycles. The van der Waals surface area contributed by atoms with Crippen LogP contribution >= 0.6 is 11.6 Å². The zero-order valence-corrected chi connectivity index (χ0v) is 21.8. The number of benzene rings is 2. The molecule has 8 heteroatoms. The first-order chi connectivity index (χ1) is 17.0. The van der Waals surface area contributed by atoms with E-state index >= 15 is 0 Å². The topological polar surface area (TPSA) is 87.7 Å². The summed E-state index contributed by atoms with van der Waals surface area (Å²) in [5, 5.41) is 5.83. The highest BCUT2D eigenvalue weighted by Crippen LogP contribution is 2.36. The van der Waals surface area contributed by atoms with E-state index in [9.17, 15) is 14.4 Å². The van der Waals surface area contributed by atoms with Crippen LogP contribution in [0.25, 0.3) is 0 Å². The Balaban J connectivity index is 1.98. The molecule has 1 fully saturated rings. The molecule has 0 aliphatic heterocycles. The molecule has 190 valence electrons. The minimum Gasteiger partial charge on any atom is -0.444 e. The smallest absolute Gasteiger partial charge is 0.408 e. The first kappa shape index (κ1) is 27.1. The second-order valence-electron chi connectivity index (χ2n) is 9.80. The van der Waals surface area contributed by atoms with Crippen molar-refractivity contribution in [2.75, 3.05) is 11.9 Å². The lowest BCUT2D eigenvalue weighted by atomic mass is 9.87. The van der Waals surface area contributed by atoms with Gasteiger partial charge in [0, 0.05) is 11.6 Å². The highest BCUT2D eigenvalue weighted by atomic mass is 35.5. The maximum absolute atomic E-state index is 13.9. The van der Waals surface area contributed by atoms with E-state index in [-0.39, 0.29) is 12.6 Å². The first-order valence-corrected chi connectivity index (χ1v) is 12.3. The van der Waals surface area contributed by atoms with Crippen LogP contribution in [0.2, 0.25) is 5.02 Å². The maximum atomic E-state index is 13.9. The number of rotatable bonds is 7. The molecule has 3 amide bonds. The van der Waals surface area contributed by atoms with Crippen molar-refractivity contribution in [3.63, 3.8) is 0 Å². The summed E-state index contributed by atoms with van der Waals surface area (Å²) < 4.78 is 5.26. The van der Waals surface area contributed by atoms with Gasteiger partial charge in [-0.25, -0.2) is 4.79 Å². The Hall–Kier alpha value is -3.50. The number of nitrogens with zero attached hydrogens (tertiary/aromatic N) is 1. The van der Waals surface area contributed by atoms with Gasteiger partial charge < -0.3 is 20.3 Å². The molecule has 1 saturated carbocycles. The largest absolute Gasteiger partial charge is 0.444 e. The summed E-state index contributed by atoms with van der Waals surface area (Å²) >= 11 is 6.37. The van der Waals surface area contributed by atoms with Crippen LogP contribution in [0, 0.1) is 19.3 Å². The number of halogens is 1. The number of hydrogen-bond acceptors (Lipinski definition) is 4. The number of hydrogen-bond donors (Lipinski definition) is 2. The predicted octanol–water partition coefficient (Wildman–Crippen LogP) is 5.22. The Morgan fingerprint density at radius 1 is 1.17 bits per heavy atom. The van der Waals surface area contributed by atoms with Crippen LogP contribution in [-0.4, -0.2) is 41.0 Å². The molecule has 1 atom stereocenters. The van der Waals surface area contributed by atoms with Gasteiger partial charge in [-0.3, -0.25) is 9.59 Å². The number of amides is 3. The van der Waals surface area contributed by atoms with Crippen LogP contribution < -0.4 is 10.6 Å². The van der Waals surface area contributed by atoms with E-state index in [1.807, 2.05) is 13.0 Å². The van der Waals surface area contributed by atoms with Crippen molar-refractivity contribution in [2.24, 2.45) is 0 Å². The number of para-hydroxylation sites is 1. The summed E-state index contributed by atoms with van der Waals surface area (Å²) in [4.78, 5) is 41.2. The lowest BCUT2D eigenvalue weighted by Crippen LogP contribution is -2.53. The number of ether oxygens (including phenoxy) is 1. The Morgan fingerprint density at radius 3 is 2.44 bits per heavy atom. The number of anilines is 1. The first-order valence-electron chi connectivity index (χ1n) is 11.9. The summed E-state index contributed by atoms with van der Waals surface area (Å²) in [7, 11) is 0. The monoisotopic (exact) mass is 509 g/mol. The summed E-state index contributed by atoms with van der Waals surface area (Å²) in [5.74, 6) is 1.78. The van der Waals surface area contributed by atoms with Gasteiger partial charge >= 0.3 is 6.09 Å². The van der Waals surface area contributed by atoms with E-state index in [0.717, 1.165) is 24.8 Å². The summed E-state index contributed by atoms with van der Waals surface area (Å²) in [6.45, 7) is 6.73. The lowest BCUT2D eigenvalue weighted by Gasteiger charge is -2.42. The van der Waals surface area contributed by atoms with Crippen LogP contribution in [-0.2, 0) is 14.3 Å². The fourth-order valence-electron chi connectivity index (χ4n) is 4.04. The van der Waals surface area contributed by atoms with E-state index in [4.69, 9.17) is 22.8 Å². The normalized spacial score (nSPS) is 14.1. The van der Waals surface area contributed by atoms with Gasteiger partial charge in [0.25, 0.3) is 5.91 Å². The standard InChI is InChI=1S/C28H32ClN3O4/c1-6-19-12-7-8-15-21(19)25(26(34)31-24-18(2)11-9-16-22(24)29)32(20-13-10-14-20)23(33)17-30-27(35)36-28(3,4)5/h1,7-9,11-12,15-16,20,25H,10,13-14,17H2,2-5H3,(H,30,35)(H,31,34). The minimum atomic E-state index is -1.02. The van der Waals surface area contributed by atoms with Crippen molar-refractivity contribution >= 4 is 35.2 Å². The fourth-order valence-corrected chi connectivity index (χ4v) is 4.31. The van der Waals surface area contributed by atoms with E-state index in [1.165, 1.54) is 0 Å². The van der Waals surface area contributed by atoms with Gasteiger partial charge in [0.05, 0.1) is 10.7 Å². The molecule has 0 heterocycles. The number of alkyl carbamates (subject to hydrolysis) is 1. The molecular formula is C28H32ClN3O4. The van der Waals surface area contributed by atoms with Crippen molar-refractivity contribution in [3.05, 3.63) is 64.2 Å². The SMILES string of the molecule is C#Cc1ccccc1C(C(=O)Nc1c(C)cccc1Cl)N(C(=O)CNC(=O)OC(C)(C)C)C1CCC1. The lowest BCUT2D eigenvalue weighted by molar-refractivity contribution is -0.143. The third-order valence-corrected chi connectivity index (χ3v) is 6.26. The van der Waals surface area contributed by atoms with Gasteiger partial charge in [-0.2, -0.15) is 0 Å². The van der Waals surface area contributed by atoms with Gasteiger partial charge in [-0.1, -0.05) is 47.9 Å². The van der Waals surface area contributed by atoms with E-state index < -0.39 is 29.6 Å². The molecular weight excluding hydrogens is 478 g/mol. The second kappa shape index (κ2) is 11.5. The van der Waals surface area contributed by atoms with Gasteiger partial charge in [-0.05, 0) is 70.2 Å². The van der Waals surface area contributed by atoms with Crippen LogP contribution in [0.15, 0.2) is 42.5 Å². The van der Waals surface area contributed by atoms with Crippen LogP contribution in [0.1, 0.15) is 62.8 Å². The highest BCUT2D eigenvalue weighted by Gasteiger charge is 2.40. The van der Waals surface area contributed by atoms with Crippen molar-refractivity contribution < 1.29 is 19.1 Å². The molecule has 2 aromatic rings. The zero-order valence-electron chi connectivity index (χ0n) is 21.1.